The van der Waals surface area contributed by atoms with Gasteiger partial charge in [0.2, 0.25) is 11.8 Å². The lowest BCUT2D eigenvalue weighted by molar-refractivity contribution is -0.148. The molecule has 4 aliphatic heterocycles. The van der Waals surface area contributed by atoms with Crippen molar-refractivity contribution in [3.05, 3.63) is 0 Å². The summed E-state index contributed by atoms with van der Waals surface area (Å²) in [6.45, 7) is 1.96. The Balaban J connectivity index is 1.51. The molecule has 4 rings (SSSR count). The molecule has 140 valence electrons. The molecule has 4 aliphatic rings. The summed E-state index contributed by atoms with van der Waals surface area (Å²) in [5.41, 5.74) is 4.00. The fraction of sp³-hybridized carbons (Fsp3) is 0.882. The first-order valence-electron chi connectivity index (χ1n) is 9.22. The molecule has 0 aromatic carbocycles. The molecule has 4 atom stereocenters. The summed E-state index contributed by atoms with van der Waals surface area (Å²) in [7, 11) is 0. The van der Waals surface area contributed by atoms with E-state index in [1.807, 2.05) is 0 Å². The highest BCUT2D eigenvalue weighted by Gasteiger charge is 2.69. The van der Waals surface area contributed by atoms with Crippen molar-refractivity contribution in [1.29, 1.82) is 0 Å². The van der Waals surface area contributed by atoms with Gasteiger partial charge in [-0.2, -0.15) is 0 Å². The molecule has 4 saturated heterocycles. The number of ether oxygens (including phenoxy) is 1. The van der Waals surface area contributed by atoms with E-state index < -0.39 is 23.0 Å². The van der Waals surface area contributed by atoms with Crippen molar-refractivity contribution in [2.24, 2.45) is 17.6 Å². The Morgan fingerprint density at radius 2 is 2.04 bits per heavy atom. The largest absolute Gasteiger partial charge is 0.393 e. The van der Waals surface area contributed by atoms with Gasteiger partial charge in [0.05, 0.1) is 42.3 Å². The predicted molar refractivity (Wildman–Crippen MR) is 87.3 cm³/mol. The summed E-state index contributed by atoms with van der Waals surface area (Å²) in [5.74, 6) is -0.873. The standard InChI is InChI=1S/C17H27N3O5/c18-5-8-20-9-17-2-1-11(25-17)12(13(17)15(20)23)14(22)19-6-3-16(24,10-21)4-7-19/h11-13,21,24H,1-10,18H2/t11-,12-,13+,17-/m1/s1. The number of rotatable bonds is 4. The fourth-order valence-electron chi connectivity index (χ4n) is 5.18. The number of carbonyl (C=O) groups excluding carboxylic acids is 2. The number of nitrogens with zero attached hydrogens (tertiary/aromatic N) is 2. The third-order valence-electron chi connectivity index (χ3n) is 6.59. The Kier molecular flexibility index (Phi) is 4.06. The lowest BCUT2D eigenvalue weighted by Crippen LogP contribution is -2.53. The fourth-order valence-corrected chi connectivity index (χ4v) is 5.18. The smallest absolute Gasteiger partial charge is 0.229 e. The summed E-state index contributed by atoms with van der Waals surface area (Å²) in [6, 6.07) is 0. The van der Waals surface area contributed by atoms with E-state index in [1.165, 1.54) is 0 Å². The van der Waals surface area contributed by atoms with Crippen molar-refractivity contribution in [3.8, 4) is 0 Å². The van der Waals surface area contributed by atoms with Crippen molar-refractivity contribution in [1.82, 2.24) is 9.80 Å². The quantitative estimate of drug-likeness (QED) is 0.555. The Hall–Kier alpha value is -1.22. The molecule has 0 aromatic rings. The van der Waals surface area contributed by atoms with Crippen LogP contribution in [-0.2, 0) is 14.3 Å². The number of likely N-dealkylation sites (tertiary alicyclic amines) is 2. The summed E-state index contributed by atoms with van der Waals surface area (Å²) >= 11 is 0. The van der Waals surface area contributed by atoms with Crippen LogP contribution in [0, 0.1) is 11.8 Å². The van der Waals surface area contributed by atoms with Crippen LogP contribution in [0.1, 0.15) is 25.7 Å². The maximum absolute atomic E-state index is 13.1. The number of amides is 2. The van der Waals surface area contributed by atoms with Gasteiger partial charge in [-0.25, -0.2) is 0 Å². The van der Waals surface area contributed by atoms with E-state index in [9.17, 15) is 19.8 Å². The molecular formula is C17H27N3O5. The van der Waals surface area contributed by atoms with Crippen LogP contribution in [0.4, 0.5) is 0 Å². The number of nitrogens with two attached hydrogens (primary N) is 1. The molecule has 25 heavy (non-hydrogen) atoms. The average Bonchev–Trinajstić information content (AvgIpc) is 3.24. The predicted octanol–water partition coefficient (Wildman–Crippen LogP) is -1.70. The van der Waals surface area contributed by atoms with E-state index in [2.05, 4.69) is 0 Å². The zero-order chi connectivity index (χ0) is 17.8. The molecule has 0 radical (unpaired) electrons. The molecule has 8 nitrogen and oxygen atoms in total. The number of aliphatic hydroxyl groups excluding tert-OH is 1. The lowest BCUT2D eigenvalue weighted by atomic mass is 9.72. The minimum absolute atomic E-state index is 0.00475. The molecular weight excluding hydrogens is 326 g/mol. The average molecular weight is 353 g/mol. The molecule has 2 bridgehead atoms. The first kappa shape index (κ1) is 17.2. The van der Waals surface area contributed by atoms with Gasteiger partial charge in [-0.1, -0.05) is 0 Å². The summed E-state index contributed by atoms with van der Waals surface area (Å²) < 4.78 is 6.18. The molecule has 4 fully saturated rings. The molecule has 2 amide bonds. The van der Waals surface area contributed by atoms with Crippen molar-refractivity contribution in [2.75, 3.05) is 39.3 Å². The molecule has 1 spiro atoms. The summed E-state index contributed by atoms with van der Waals surface area (Å²) in [6.07, 6.45) is 2.17. The van der Waals surface area contributed by atoms with Crippen LogP contribution in [-0.4, -0.2) is 88.5 Å². The topological polar surface area (TPSA) is 116 Å². The van der Waals surface area contributed by atoms with E-state index in [-0.39, 0.29) is 24.5 Å². The van der Waals surface area contributed by atoms with Gasteiger partial charge in [0.25, 0.3) is 0 Å². The Labute approximate surface area is 146 Å². The number of aliphatic hydroxyl groups is 2. The molecule has 0 unspecified atom stereocenters. The summed E-state index contributed by atoms with van der Waals surface area (Å²) in [4.78, 5) is 29.5. The second-order valence-corrected chi connectivity index (χ2v) is 8.02. The van der Waals surface area contributed by atoms with Crippen LogP contribution in [0.25, 0.3) is 0 Å². The van der Waals surface area contributed by atoms with Crippen molar-refractivity contribution in [2.45, 2.75) is 43.0 Å². The van der Waals surface area contributed by atoms with Crippen LogP contribution < -0.4 is 5.73 Å². The number of fused-ring (bicyclic) bond motifs is 1. The van der Waals surface area contributed by atoms with Gasteiger partial charge in [-0.05, 0) is 25.7 Å². The normalized spacial score (nSPS) is 39.2. The van der Waals surface area contributed by atoms with Gasteiger partial charge in [-0.3, -0.25) is 9.59 Å². The molecule has 4 N–H and O–H groups in total. The van der Waals surface area contributed by atoms with Gasteiger partial charge in [-0.15, -0.1) is 0 Å². The Morgan fingerprint density at radius 3 is 2.68 bits per heavy atom. The Bertz CT molecular complexity index is 577. The van der Waals surface area contributed by atoms with Crippen molar-refractivity contribution < 1.29 is 24.5 Å². The molecule has 0 aromatic heterocycles. The van der Waals surface area contributed by atoms with E-state index in [4.69, 9.17) is 10.5 Å². The Morgan fingerprint density at radius 1 is 1.32 bits per heavy atom. The monoisotopic (exact) mass is 353 g/mol. The summed E-state index contributed by atoms with van der Waals surface area (Å²) in [5, 5.41) is 19.4. The molecule has 0 saturated carbocycles. The van der Waals surface area contributed by atoms with Gasteiger partial charge < -0.3 is 30.5 Å². The van der Waals surface area contributed by atoms with E-state index in [1.54, 1.807) is 9.80 Å². The van der Waals surface area contributed by atoms with E-state index >= 15 is 0 Å². The highest BCUT2D eigenvalue weighted by molar-refractivity contribution is 5.92. The minimum Gasteiger partial charge on any atom is -0.393 e. The zero-order valence-corrected chi connectivity index (χ0v) is 14.4. The van der Waals surface area contributed by atoms with E-state index in [0.29, 0.717) is 45.6 Å². The van der Waals surface area contributed by atoms with Gasteiger partial charge in [0.15, 0.2) is 0 Å². The van der Waals surface area contributed by atoms with Crippen LogP contribution in [0.3, 0.4) is 0 Å². The third kappa shape index (κ3) is 2.50. The van der Waals surface area contributed by atoms with Gasteiger partial charge >= 0.3 is 0 Å². The van der Waals surface area contributed by atoms with Gasteiger partial charge in [0.1, 0.15) is 0 Å². The van der Waals surface area contributed by atoms with Crippen LogP contribution in [0.2, 0.25) is 0 Å². The second kappa shape index (κ2) is 5.90. The molecule has 0 aliphatic carbocycles. The second-order valence-electron chi connectivity index (χ2n) is 8.02. The SMILES string of the molecule is NCCN1C[C@@]23CC[C@@H](O2)[C@@H](C(=O)N2CCC(O)(CO)CC2)[C@H]3C1=O. The number of hydrogen-bond donors (Lipinski definition) is 3. The number of piperidine rings is 1. The number of carbonyl (C=O) groups is 2. The first-order chi connectivity index (χ1) is 11.9. The van der Waals surface area contributed by atoms with Crippen LogP contribution >= 0.6 is 0 Å². The highest BCUT2D eigenvalue weighted by atomic mass is 16.5. The van der Waals surface area contributed by atoms with Crippen LogP contribution in [0.5, 0.6) is 0 Å². The molecule has 4 heterocycles. The van der Waals surface area contributed by atoms with Gasteiger partial charge in [0, 0.05) is 26.2 Å². The third-order valence-corrected chi connectivity index (χ3v) is 6.59. The maximum atomic E-state index is 13.1. The first-order valence-corrected chi connectivity index (χ1v) is 9.22. The number of hydrogen-bond acceptors (Lipinski definition) is 6. The van der Waals surface area contributed by atoms with Crippen LogP contribution in [0.15, 0.2) is 0 Å². The minimum atomic E-state index is -1.09. The van der Waals surface area contributed by atoms with Crippen molar-refractivity contribution in [3.63, 3.8) is 0 Å². The maximum Gasteiger partial charge on any atom is 0.229 e. The van der Waals surface area contributed by atoms with Crippen molar-refractivity contribution >= 4 is 11.8 Å². The highest BCUT2D eigenvalue weighted by Crippen LogP contribution is 2.55. The lowest BCUT2D eigenvalue weighted by Gasteiger charge is -2.39. The van der Waals surface area contributed by atoms with E-state index in [0.717, 1.165) is 12.8 Å². The zero-order valence-electron chi connectivity index (χ0n) is 14.4. The molecule has 8 heteroatoms.